The van der Waals surface area contributed by atoms with Crippen molar-refractivity contribution in [3.05, 3.63) is 134 Å². The van der Waals surface area contributed by atoms with Crippen molar-refractivity contribution < 1.29 is 15.0 Å². The first-order valence-electron chi connectivity index (χ1n) is 23.4. The number of hydrogen-bond acceptors (Lipinski definition) is 3. The van der Waals surface area contributed by atoms with E-state index in [0.29, 0.717) is 6.42 Å². The smallest absolute Gasteiger partial charge is 0.220 e. The minimum absolute atomic E-state index is 0.0942. The molecule has 58 heavy (non-hydrogen) atoms. The molecular formula is C54H87NO3. The van der Waals surface area contributed by atoms with E-state index in [9.17, 15) is 15.0 Å². The maximum Gasteiger partial charge on any atom is 0.220 e. The van der Waals surface area contributed by atoms with Crippen LogP contribution in [0.15, 0.2) is 134 Å². The highest BCUT2D eigenvalue weighted by atomic mass is 16.3. The second kappa shape index (κ2) is 47.9. The molecule has 0 aliphatic heterocycles. The Balaban J connectivity index is 3.69. The average Bonchev–Trinajstić information content (AvgIpc) is 3.23. The Hall–Kier alpha value is -3.47. The lowest BCUT2D eigenvalue weighted by Gasteiger charge is -2.19. The van der Waals surface area contributed by atoms with Crippen LogP contribution >= 0.6 is 0 Å². The van der Waals surface area contributed by atoms with Crippen molar-refractivity contribution in [1.29, 1.82) is 0 Å². The summed E-state index contributed by atoms with van der Waals surface area (Å²) < 4.78 is 0. The molecule has 0 saturated carbocycles. The maximum atomic E-state index is 12.4. The molecule has 4 heteroatoms. The largest absolute Gasteiger partial charge is 0.394 e. The van der Waals surface area contributed by atoms with E-state index >= 15 is 0 Å². The molecule has 0 aromatic rings. The Bertz CT molecular complexity index is 1220. The SMILES string of the molecule is CC/C=C\C/C=C\C/C=C\C/C=C\C/C=C\C/C=C\C/C=C\C/C=C\C/C=C\CCCCCCCCCC(=O)NC(CO)C(O)/C=C/CC/C=C/CCCCCCC. The van der Waals surface area contributed by atoms with Crippen molar-refractivity contribution in [2.45, 2.75) is 193 Å². The predicted molar refractivity (Wildman–Crippen MR) is 257 cm³/mol. The van der Waals surface area contributed by atoms with Gasteiger partial charge in [-0.25, -0.2) is 0 Å². The Morgan fingerprint density at radius 1 is 0.431 bits per heavy atom. The quantitative estimate of drug-likeness (QED) is 0.0427. The van der Waals surface area contributed by atoms with E-state index in [-0.39, 0.29) is 12.5 Å². The summed E-state index contributed by atoms with van der Waals surface area (Å²) in [7, 11) is 0. The molecule has 0 fully saturated rings. The van der Waals surface area contributed by atoms with Gasteiger partial charge in [-0.2, -0.15) is 0 Å². The van der Waals surface area contributed by atoms with Gasteiger partial charge in [0.2, 0.25) is 5.91 Å². The lowest BCUT2D eigenvalue weighted by molar-refractivity contribution is -0.123. The lowest BCUT2D eigenvalue weighted by Crippen LogP contribution is -2.45. The Morgan fingerprint density at radius 3 is 1.21 bits per heavy atom. The molecule has 2 unspecified atom stereocenters. The standard InChI is InChI=1S/C54H87NO3/c1-3-5-7-9-11-13-15-16-17-18-19-20-21-22-23-24-25-26-27-28-29-30-31-32-33-34-35-36-37-38-40-42-44-46-48-50-54(58)55-52(51-56)53(57)49-47-45-43-41-39-14-12-10-8-6-4-2/h5,7,11,13,16-17,19-20,22-23,25-26,28-29,31-32,34-35,39,41,47,49,52-53,56-57H,3-4,6,8-10,12,14-15,18,21,24,27,30,33,36-38,40,42-46,48,50-51H2,1-2H3,(H,55,58)/b7-5-,13-11-,17-16-,20-19-,23-22-,26-25-,29-28-,32-31-,35-34-,41-39+,49-47+. The van der Waals surface area contributed by atoms with Gasteiger partial charge < -0.3 is 15.5 Å². The molecule has 4 nitrogen and oxygen atoms in total. The van der Waals surface area contributed by atoms with Gasteiger partial charge in [0, 0.05) is 6.42 Å². The number of hydrogen-bond donors (Lipinski definition) is 3. The molecule has 0 spiro atoms. The van der Waals surface area contributed by atoms with Gasteiger partial charge in [0.15, 0.2) is 0 Å². The molecule has 3 N–H and O–H groups in total. The van der Waals surface area contributed by atoms with Crippen LogP contribution in [0.25, 0.3) is 0 Å². The molecule has 0 aromatic heterocycles. The second-order valence-electron chi connectivity index (χ2n) is 15.1. The average molecular weight is 798 g/mol. The number of nitrogens with one attached hydrogen (secondary N) is 1. The Morgan fingerprint density at radius 2 is 0.776 bits per heavy atom. The van der Waals surface area contributed by atoms with Gasteiger partial charge in [-0.1, -0.05) is 205 Å². The van der Waals surface area contributed by atoms with Crippen LogP contribution in [-0.2, 0) is 4.79 Å². The van der Waals surface area contributed by atoms with Crippen LogP contribution < -0.4 is 5.32 Å². The molecule has 0 heterocycles. The van der Waals surface area contributed by atoms with Crippen LogP contribution in [0.4, 0.5) is 0 Å². The monoisotopic (exact) mass is 798 g/mol. The van der Waals surface area contributed by atoms with E-state index in [0.717, 1.165) is 103 Å². The molecular weight excluding hydrogens is 711 g/mol. The minimum Gasteiger partial charge on any atom is -0.394 e. The van der Waals surface area contributed by atoms with E-state index < -0.39 is 12.1 Å². The minimum atomic E-state index is -0.874. The van der Waals surface area contributed by atoms with Gasteiger partial charge in [-0.05, 0) is 103 Å². The van der Waals surface area contributed by atoms with Crippen molar-refractivity contribution in [2.75, 3.05) is 6.61 Å². The first-order valence-corrected chi connectivity index (χ1v) is 23.4. The third kappa shape index (κ3) is 43.6. The van der Waals surface area contributed by atoms with Crippen molar-refractivity contribution in [1.82, 2.24) is 5.32 Å². The van der Waals surface area contributed by atoms with Crippen molar-refractivity contribution >= 4 is 5.91 Å². The molecule has 0 aliphatic rings. The summed E-state index contributed by atoms with van der Waals surface area (Å²) in [6.07, 6.45) is 75.7. The Kier molecular flexibility index (Phi) is 45.0. The number of allylic oxidation sites excluding steroid dienone is 21. The van der Waals surface area contributed by atoms with Crippen molar-refractivity contribution in [3.8, 4) is 0 Å². The van der Waals surface area contributed by atoms with E-state index in [4.69, 9.17) is 0 Å². The first-order chi connectivity index (χ1) is 28.7. The van der Waals surface area contributed by atoms with Crippen LogP contribution in [0, 0.1) is 0 Å². The van der Waals surface area contributed by atoms with Crippen LogP contribution in [0.3, 0.4) is 0 Å². The zero-order valence-corrected chi connectivity index (χ0v) is 37.3. The fourth-order valence-corrected chi connectivity index (χ4v) is 6.07. The van der Waals surface area contributed by atoms with Crippen molar-refractivity contribution in [3.63, 3.8) is 0 Å². The summed E-state index contributed by atoms with van der Waals surface area (Å²) in [6, 6.07) is -0.653. The summed E-state index contributed by atoms with van der Waals surface area (Å²) in [4.78, 5) is 12.4. The summed E-state index contributed by atoms with van der Waals surface area (Å²) in [6.45, 7) is 4.13. The van der Waals surface area contributed by atoms with E-state index in [1.807, 2.05) is 6.08 Å². The molecule has 0 radical (unpaired) electrons. The van der Waals surface area contributed by atoms with Gasteiger partial charge in [-0.15, -0.1) is 0 Å². The van der Waals surface area contributed by atoms with Crippen LogP contribution in [0.1, 0.15) is 181 Å². The topological polar surface area (TPSA) is 69.6 Å². The van der Waals surface area contributed by atoms with Crippen LogP contribution in [0.5, 0.6) is 0 Å². The summed E-state index contributed by atoms with van der Waals surface area (Å²) in [5, 5.41) is 22.9. The number of aliphatic hydroxyl groups excluding tert-OH is 2. The van der Waals surface area contributed by atoms with E-state index in [1.165, 1.54) is 57.8 Å². The normalized spacial score (nSPS) is 14.2. The maximum absolute atomic E-state index is 12.4. The highest BCUT2D eigenvalue weighted by molar-refractivity contribution is 5.76. The zero-order chi connectivity index (χ0) is 42.1. The summed E-state index contributed by atoms with van der Waals surface area (Å²) in [5.74, 6) is -0.0942. The molecule has 0 rings (SSSR count). The zero-order valence-electron chi connectivity index (χ0n) is 37.3. The van der Waals surface area contributed by atoms with Gasteiger partial charge >= 0.3 is 0 Å². The fraction of sp³-hybridized carbons (Fsp3) is 0.574. The summed E-state index contributed by atoms with van der Waals surface area (Å²) >= 11 is 0. The van der Waals surface area contributed by atoms with Gasteiger partial charge in [0.25, 0.3) is 0 Å². The Labute approximate surface area is 358 Å². The molecule has 326 valence electrons. The van der Waals surface area contributed by atoms with Gasteiger partial charge in [0.1, 0.15) is 0 Å². The molecule has 1 amide bonds. The highest BCUT2D eigenvalue weighted by Crippen LogP contribution is 2.11. The number of carbonyl (C=O) groups is 1. The van der Waals surface area contributed by atoms with Gasteiger partial charge in [-0.3, -0.25) is 4.79 Å². The number of carbonyl (C=O) groups excluding carboxylic acids is 1. The van der Waals surface area contributed by atoms with Crippen LogP contribution in [0.2, 0.25) is 0 Å². The number of aliphatic hydroxyl groups is 2. The molecule has 0 bridgehead atoms. The van der Waals surface area contributed by atoms with Gasteiger partial charge in [0.05, 0.1) is 18.8 Å². The molecule has 2 atom stereocenters. The third-order valence-corrected chi connectivity index (χ3v) is 9.62. The number of rotatable bonds is 40. The van der Waals surface area contributed by atoms with E-state index in [2.05, 4.69) is 141 Å². The second-order valence-corrected chi connectivity index (χ2v) is 15.1. The van der Waals surface area contributed by atoms with Crippen LogP contribution in [-0.4, -0.2) is 34.9 Å². The summed E-state index contributed by atoms with van der Waals surface area (Å²) in [5.41, 5.74) is 0. The highest BCUT2D eigenvalue weighted by Gasteiger charge is 2.17. The molecule has 0 aliphatic carbocycles. The molecule has 0 aromatic carbocycles. The number of unbranched alkanes of at least 4 members (excludes halogenated alkanes) is 13. The number of amides is 1. The first kappa shape index (κ1) is 54.5. The van der Waals surface area contributed by atoms with E-state index in [1.54, 1.807) is 6.08 Å². The predicted octanol–water partition coefficient (Wildman–Crippen LogP) is 15.1. The lowest BCUT2D eigenvalue weighted by atomic mass is 10.1. The molecule has 0 saturated heterocycles. The fourth-order valence-electron chi connectivity index (χ4n) is 6.07. The third-order valence-electron chi connectivity index (χ3n) is 9.62. The van der Waals surface area contributed by atoms with Crippen molar-refractivity contribution in [2.24, 2.45) is 0 Å².